The van der Waals surface area contributed by atoms with E-state index in [1.54, 1.807) is 4.57 Å². The molecule has 0 spiro atoms. The van der Waals surface area contributed by atoms with E-state index in [1.807, 2.05) is 74.5 Å². The van der Waals surface area contributed by atoms with Crippen LogP contribution in [0.2, 0.25) is 0 Å². The van der Waals surface area contributed by atoms with Crippen LogP contribution in [0.3, 0.4) is 0 Å². The summed E-state index contributed by atoms with van der Waals surface area (Å²) in [4.78, 5) is 41.1. The summed E-state index contributed by atoms with van der Waals surface area (Å²) < 4.78 is 8.79. The molecular formula is C28H32N4O4. The zero-order valence-corrected chi connectivity index (χ0v) is 20.8. The Hall–Kier alpha value is -4.07. The normalized spacial score (nSPS) is 11.1. The first-order valence-corrected chi connectivity index (χ1v) is 12.5. The minimum Gasteiger partial charge on any atom is -0.494 e. The number of nitrogens with zero attached hydrogens (tertiary/aromatic N) is 2. The Bertz CT molecular complexity index is 1430. The lowest BCUT2D eigenvalue weighted by Crippen LogP contribution is -2.39. The minimum atomic E-state index is -0.285. The maximum absolute atomic E-state index is 13.0. The molecule has 0 aliphatic heterocycles. The highest BCUT2D eigenvalue weighted by atomic mass is 16.5. The Balaban J connectivity index is 1.42. The van der Waals surface area contributed by atoms with Crippen LogP contribution in [0.25, 0.3) is 22.3 Å². The minimum absolute atomic E-state index is 0.0430. The lowest BCUT2D eigenvalue weighted by Gasteiger charge is -2.10. The van der Waals surface area contributed by atoms with Gasteiger partial charge in [-0.15, -0.1) is 0 Å². The third-order valence-electron chi connectivity index (χ3n) is 5.94. The van der Waals surface area contributed by atoms with E-state index in [4.69, 9.17) is 4.74 Å². The fourth-order valence-corrected chi connectivity index (χ4v) is 4.20. The molecule has 1 amide bonds. The highest BCUT2D eigenvalue weighted by molar-refractivity contribution is 5.90. The highest BCUT2D eigenvalue weighted by Crippen LogP contribution is 2.24. The lowest BCUT2D eigenvalue weighted by molar-refractivity contribution is -0.116. The maximum atomic E-state index is 13.0. The van der Waals surface area contributed by atoms with Gasteiger partial charge in [0.2, 0.25) is 5.91 Å². The number of hydrogen-bond donors (Lipinski definition) is 2. The van der Waals surface area contributed by atoms with E-state index in [0.717, 1.165) is 23.4 Å². The quantitative estimate of drug-likeness (QED) is 0.297. The first-order chi connectivity index (χ1) is 17.5. The second-order valence-electron chi connectivity index (χ2n) is 8.72. The molecule has 0 aliphatic rings. The SMILES string of the molecule is CCCn1c(=O)c2[nH]c(-c3ccc(OCCCC(=O)Nc4ccccc4)cc3)cc2n(CCC)c1=O. The number of amides is 1. The van der Waals surface area contributed by atoms with Gasteiger partial charge in [-0.05, 0) is 67.3 Å². The molecule has 0 saturated carbocycles. The van der Waals surface area contributed by atoms with Gasteiger partial charge in [-0.25, -0.2) is 4.79 Å². The zero-order chi connectivity index (χ0) is 25.5. The molecule has 0 aliphatic carbocycles. The molecule has 0 unspecified atom stereocenters. The molecular weight excluding hydrogens is 456 g/mol. The van der Waals surface area contributed by atoms with E-state index in [1.165, 1.54) is 4.57 Å². The van der Waals surface area contributed by atoms with Gasteiger partial charge < -0.3 is 15.0 Å². The number of aryl methyl sites for hydroxylation is 1. The Labute approximate surface area is 209 Å². The molecule has 0 atom stereocenters. The van der Waals surface area contributed by atoms with Gasteiger partial charge in [0.15, 0.2) is 0 Å². The maximum Gasteiger partial charge on any atom is 0.331 e. The first kappa shape index (κ1) is 25.0. The third kappa shape index (κ3) is 5.59. The fraction of sp³-hybridized carbons (Fsp3) is 0.321. The fourth-order valence-electron chi connectivity index (χ4n) is 4.20. The average molecular weight is 489 g/mol. The molecule has 0 bridgehead atoms. The Kier molecular flexibility index (Phi) is 8.05. The summed E-state index contributed by atoms with van der Waals surface area (Å²) in [6.45, 7) is 5.33. The van der Waals surface area contributed by atoms with E-state index in [2.05, 4.69) is 10.3 Å². The molecule has 0 saturated heterocycles. The smallest absolute Gasteiger partial charge is 0.331 e. The molecule has 36 heavy (non-hydrogen) atoms. The number of nitrogens with one attached hydrogen (secondary N) is 2. The van der Waals surface area contributed by atoms with Gasteiger partial charge in [0.25, 0.3) is 5.56 Å². The van der Waals surface area contributed by atoms with Gasteiger partial charge in [0.05, 0.1) is 12.1 Å². The van der Waals surface area contributed by atoms with Crippen LogP contribution in [0.1, 0.15) is 39.5 Å². The number of fused-ring (bicyclic) bond motifs is 1. The van der Waals surface area contributed by atoms with Gasteiger partial charge in [-0.3, -0.25) is 18.7 Å². The predicted octanol–water partition coefficient (Wildman–Crippen LogP) is 4.78. The summed E-state index contributed by atoms with van der Waals surface area (Å²) in [7, 11) is 0. The summed E-state index contributed by atoms with van der Waals surface area (Å²) in [5, 5.41) is 2.86. The number of carbonyl (C=O) groups is 1. The van der Waals surface area contributed by atoms with Crippen molar-refractivity contribution < 1.29 is 9.53 Å². The van der Waals surface area contributed by atoms with Crippen molar-refractivity contribution in [3.05, 3.63) is 81.5 Å². The number of carbonyl (C=O) groups excluding carboxylic acids is 1. The number of anilines is 1. The molecule has 4 aromatic rings. The van der Waals surface area contributed by atoms with Gasteiger partial charge >= 0.3 is 5.69 Å². The van der Waals surface area contributed by atoms with E-state index >= 15 is 0 Å². The van der Waals surface area contributed by atoms with E-state index < -0.39 is 0 Å². The summed E-state index contributed by atoms with van der Waals surface area (Å²) in [6.07, 6.45) is 2.47. The number of para-hydroxylation sites is 1. The number of ether oxygens (including phenoxy) is 1. The second-order valence-corrected chi connectivity index (χ2v) is 8.72. The Morgan fingerprint density at radius 1 is 0.944 bits per heavy atom. The number of aromatic amines is 1. The van der Waals surface area contributed by atoms with Gasteiger partial charge in [-0.1, -0.05) is 32.0 Å². The van der Waals surface area contributed by atoms with E-state index in [-0.39, 0.29) is 17.2 Å². The van der Waals surface area contributed by atoms with Gasteiger partial charge in [0, 0.05) is 30.9 Å². The van der Waals surface area contributed by atoms with Gasteiger partial charge in [-0.2, -0.15) is 0 Å². The topological polar surface area (TPSA) is 98.1 Å². The standard InChI is InChI=1S/C28H32N4O4/c1-3-16-31-24-19-23(30-26(24)27(34)32(17-4-2)28(31)35)20-12-14-22(15-13-20)36-18-8-11-25(33)29-21-9-6-5-7-10-21/h5-7,9-10,12-15,19,30H,3-4,8,11,16-18H2,1-2H3,(H,29,33). The van der Waals surface area contributed by atoms with Crippen molar-refractivity contribution in [1.29, 1.82) is 0 Å². The van der Waals surface area contributed by atoms with Crippen LogP contribution < -0.4 is 21.3 Å². The summed E-state index contributed by atoms with van der Waals surface area (Å²) >= 11 is 0. The number of H-pyrrole nitrogens is 1. The van der Waals surface area contributed by atoms with Crippen molar-refractivity contribution in [2.75, 3.05) is 11.9 Å². The van der Waals surface area contributed by atoms with E-state index in [0.29, 0.717) is 55.7 Å². The van der Waals surface area contributed by atoms with Gasteiger partial charge in [0.1, 0.15) is 11.3 Å². The largest absolute Gasteiger partial charge is 0.494 e. The average Bonchev–Trinajstić information content (AvgIpc) is 3.34. The number of aromatic nitrogens is 3. The summed E-state index contributed by atoms with van der Waals surface area (Å²) in [6, 6.07) is 18.8. The highest BCUT2D eigenvalue weighted by Gasteiger charge is 2.16. The molecule has 2 aromatic heterocycles. The van der Waals surface area contributed by atoms with Crippen LogP contribution in [-0.2, 0) is 17.9 Å². The van der Waals surface area contributed by atoms with Crippen molar-refractivity contribution in [2.24, 2.45) is 0 Å². The van der Waals surface area contributed by atoms with Crippen LogP contribution in [0.5, 0.6) is 5.75 Å². The molecule has 2 aromatic carbocycles. The molecule has 8 heteroatoms. The Morgan fingerprint density at radius 3 is 2.33 bits per heavy atom. The molecule has 4 rings (SSSR count). The van der Waals surface area contributed by atoms with Crippen LogP contribution in [0.4, 0.5) is 5.69 Å². The monoisotopic (exact) mass is 488 g/mol. The van der Waals surface area contributed by atoms with Crippen molar-refractivity contribution in [2.45, 2.75) is 52.6 Å². The van der Waals surface area contributed by atoms with Crippen LogP contribution in [-0.4, -0.2) is 26.6 Å². The molecule has 8 nitrogen and oxygen atoms in total. The van der Waals surface area contributed by atoms with Crippen molar-refractivity contribution >= 4 is 22.6 Å². The molecule has 2 N–H and O–H groups in total. The molecule has 2 heterocycles. The van der Waals surface area contributed by atoms with Crippen molar-refractivity contribution in [3.8, 4) is 17.0 Å². The third-order valence-corrected chi connectivity index (χ3v) is 5.94. The zero-order valence-electron chi connectivity index (χ0n) is 20.8. The van der Waals surface area contributed by atoms with Crippen molar-refractivity contribution in [3.63, 3.8) is 0 Å². The summed E-state index contributed by atoms with van der Waals surface area (Å²) in [5.41, 5.74) is 2.97. The second kappa shape index (κ2) is 11.6. The Morgan fingerprint density at radius 2 is 1.64 bits per heavy atom. The number of hydrogen-bond acceptors (Lipinski definition) is 4. The first-order valence-electron chi connectivity index (χ1n) is 12.5. The van der Waals surface area contributed by atoms with Crippen LogP contribution in [0.15, 0.2) is 70.3 Å². The number of benzene rings is 2. The van der Waals surface area contributed by atoms with Crippen LogP contribution >= 0.6 is 0 Å². The predicted molar refractivity (Wildman–Crippen MR) is 143 cm³/mol. The van der Waals surface area contributed by atoms with Crippen molar-refractivity contribution in [1.82, 2.24) is 14.1 Å². The van der Waals surface area contributed by atoms with E-state index in [9.17, 15) is 14.4 Å². The molecule has 188 valence electrons. The molecule has 0 radical (unpaired) electrons. The lowest BCUT2D eigenvalue weighted by atomic mass is 10.1. The summed E-state index contributed by atoms with van der Waals surface area (Å²) in [5.74, 6) is 0.657. The van der Waals surface area contributed by atoms with Crippen LogP contribution in [0, 0.1) is 0 Å². The molecule has 0 fully saturated rings. The number of rotatable bonds is 11.